The van der Waals surface area contributed by atoms with Crippen LogP contribution in [-0.2, 0) is 9.59 Å². The number of carbonyl (C=O) groups is 2. The Hall–Kier alpha value is -1.60. The number of carbonyl (C=O) groups excluding carboxylic acids is 1. The molecule has 0 bridgehead atoms. The molecule has 7 heteroatoms. The summed E-state index contributed by atoms with van der Waals surface area (Å²) in [6.07, 6.45) is 2.94. The van der Waals surface area contributed by atoms with Crippen LogP contribution in [0.1, 0.15) is 30.8 Å². The van der Waals surface area contributed by atoms with Crippen molar-refractivity contribution in [3.63, 3.8) is 0 Å². The van der Waals surface area contributed by atoms with E-state index in [2.05, 4.69) is 0 Å². The van der Waals surface area contributed by atoms with Gasteiger partial charge in [0.15, 0.2) is 0 Å². The standard InChI is InChI=1S/C14H15NO4S2/c1-9-5-6-10(19-9)8-11-13(18)15(14(20)21-11)7-3-2-4-12(16)17/h5-6,8H,2-4,7H2,1H3,(H,16,17)/b11-8-. The minimum absolute atomic E-state index is 0.107. The molecular weight excluding hydrogens is 310 g/mol. The number of thiocarbonyl (C=S) groups is 1. The van der Waals surface area contributed by atoms with Crippen LogP contribution in [0, 0.1) is 6.92 Å². The van der Waals surface area contributed by atoms with Gasteiger partial charge in [-0.25, -0.2) is 0 Å². The third kappa shape index (κ3) is 4.18. The number of amides is 1. The quantitative estimate of drug-likeness (QED) is 0.492. The van der Waals surface area contributed by atoms with Gasteiger partial charge in [0.2, 0.25) is 0 Å². The van der Waals surface area contributed by atoms with Crippen molar-refractivity contribution in [2.45, 2.75) is 26.2 Å². The smallest absolute Gasteiger partial charge is 0.303 e. The van der Waals surface area contributed by atoms with Gasteiger partial charge in [-0.05, 0) is 31.9 Å². The Morgan fingerprint density at radius 3 is 2.86 bits per heavy atom. The molecular formula is C14H15NO4S2. The molecule has 1 amide bonds. The molecule has 21 heavy (non-hydrogen) atoms. The number of rotatable bonds is 6. The van der Waals surface area contributed by atoms with Crippen molar-refractivity contribution in [2.24, 2.45) is 0 Å². The summed E-state index contributed by atoms with van der Waals surface area (Å²) >= 11 is 6.44. The van der Waals surface area contributed by atoms with Gasteiger partial charge in [-0.15, -0.1) is 0 Å². The molecule has 1 aromatic rings. The third-order valence-electron chi connectivity index (χ3n) is 2.93. The Morgan fingerprint density at radius 1 is 1.48 bits per heavy atom. The summed E-state index contributed by atoms with van der Waals surface area (Å²) < 4.78 is 5.92. The maximum absolute atomic E-state index is 12.2. The SMILES string of the molecule is Cc1ccc(/C=C2\SC(=S)N(CCCCC(=O)O)C2=O)o1. The summed E-state index contributed by atoms with van der Waals surface area (Å²) in [5.41, 5.74) is 0. The van der Waals surface area contributed by atoms with Gasteiger partial charge in [0.05, 0.1) is 4.91 Å². The molecule has 2 rings (SSSR count). The van der Waals surface area contributed by atoms with Crippen molar-refractivity contribution in [1.82, 2.24) is 4.90 Å². The van der Waals surface area contributed by atoms with Crippen molar-refractivity contribution in [3.05, 3.63) is 28.6 Å². The van der Waals surface area contributed by atoms with Crippen LogP contribution in [0.25, 0.3) is 6.08 Å². The first-order valence-corrected chi connectivity index (χ1v) is 7.73. The Kier molecular flexibility index (Phi) is 5.19. The number of unbranched alkanes of at least 4 members (excludes halogenated alkanes) is 1. The molecule has 0 aromatic carbocycles. The van der Waals surface area contributed by atoms with Crippen molar-refractivity contribution in [2.75, 3.05) is 6.54 Å². The minimum Gasteiger partial charge on any atom is -0.481 e. The van der Waals surface area contributed by atoms with E-state index in [1.807, 2.05) is 13.0 Å². The summed E-state index contributed by atoms with van der Waals surface area (Å²) in [6.45, 7) is 2.29. The lowest BCUT2D eigenvalue weighted by Gasteiger charge is -2.13. The molecule has 1 N–H and O–H groups in total. The van der Waals surface area contributed by atoms with Gasteiger partial charge >= 0.3 is 5.97 Å². The lowest BCUT2D eigenvalue weighted by atomic mass is 10.2. The zero-order chi connectivity index (χ0) is 15.4. The Balaban J connectivity index is 1.96. The predicted octanol–water partition coefficient (Wildman–Crippen LogP) is 3.04. The van der Waals surface area contributed by atoms with Gasteiger partial charge < -0.3 is 9.52 Å². The maximum Gasteiger partial charge on any atom is 0.303 e. The van der Waals surface area contributed by atoms with E-state index >= 15 is 0 Å². The number of hydrogen-bond acceptors (Lipinski definition) is 5. The number of nitrogens with zero attached hydrogens (tertiary/aromatic N) is 1. The van der Waals surface area contributed by atoms with Gasteiger partial charge in [0.1, 0.15) is 15.8 Å². The van der Waals surface area contributed by atoms with Gasteiger partial charge in [0.25, 0.3) is 5.91 Å². The molecule has 5 nitrogen and oxygen atoms in total. The molecule has 1 saturated heterocycles. The molecule has 0 radical (unpaired) electrons. The fourth-order valence-corrected chi connectivity index (χ4v) is 3.19. The van der Waals surface area contributed by atoms with Gasteiger partial charge in [-0.3, -0.25) is 14.5 Å². The van der Waals surface area contributed by atoms with Gasteiger partial charge in [-0.1, -0.05) is 24.0 Å². The lowest BCUT2D eigenvalue weighted by molar-refractivity contribution is -0.137. The summed E-state index contributed by atoms with van der Waals surface area (Å²) in [6, 6.07) is 3.63. The first kappa shape index (κ1) is 15.8. The molecule has 0 atom stereocenters. The van der Waals surface area contributed by atoms with E-state index < -0.39 is 5.97 Å². The molecule has 1 fully saturated rings. The number of carboxylic acid groups (broad SMARTS) is 1. The maximum atomic E-state index is 12.2. The average Bonchev–Trinajstić information content (AvgIpc) is 2.92. The summed E-state index contributed by atoms with van der Waals surface area (Å²) in [5.74, 6) is 0.437. The molecule has 0 spiro atoms. The number of furan rings is 1. The number of thioether (sulfide) groups is 1. The second-order valence-electron chi connectivity index (χ2n) is 4.63. The van der Waals surface area contributed by atoms with Gasteiger partial charge in [0, 0.05) is 19.0 Å². The van der Waals surface area contributed by atoms with E-state index in [4.69, 9.17) is 21.7 Å². The van der Waals surface area contributed by atoms with Crippen molar-refractivity contribution in [3.8, 4) is 0 Å². The van der Waals surface area contributed by atoms with Crippen LogP contribution < -0.4 is 0 Å². The fraction of sp³-hybridized carbons (Fsp3) is 0.357. The van der Waals surface area contributed by atoms with Crippen LogP contribution in [0.2, 0.25) is 0 Å². The molecule has 0 saturated carbocycles. The second kappa shape index (κ2) is 6.91. The molecule has 2 heterocycles. The fourth-order valence-electron chi connectivity index (χ4n) is 1.90. The Bertz CT molecular complexity index is 606. The monoisotopic (exact) mass is 325 g/mol. The third-order valence-corrected chi connectivity index (χ3v) is 4.31. The number of aliphatic carboxylic acids is 1. The van der Waals surface area contributed by atoms with E-state index in [0.29, 0.717) is 34.4 Å². The second-order valence-corrected chi connectivity index (χ2v) is 6.31. The Morgan fingerprint density at radius 2 is 2.24 bits per heavy atom. The highest BCUT2D eigenvalue weighted by Crippen LogP contribution is 2.32. The predicted molar refractivity (Wildman–Crippen MR) is 84.8 cm³/mol. The zero-order valence-corrected chi connectivity index (χ0v) is 13.1. The number of hydrogen-bond donors (Lipinski definition) is 1. The van der Waals surface area contributed by atoms with E-state index in [1.165, 1.54) is 16.7 Å². The van der Waals surface area contributed by atoms with E-state index in [-0.39, 0.29) is 12.3 Å². The molecule has 1 aromatic heterocycles. The van der Waals surface area contributed by atoms with Crippen LogP contribution >= 0.6 is 24.0 Å². The minimum atomic E-state index is -0.825. The molecule has 1 aliphatic heterocycles. The van der Waals surface area contributed by atoms with E-state index in [9.17, 15) is 9.59 Å². The average molecular weight is 325 g/mol. The lowest BCUT2D eigenvalue weighted by Crippen LogP contribution is -2.29. The van der Waals surface area contributed by atoms with Crippen molar-refractivity contribution in [1.29, 1.82) is 0 Å². The molecule has 0 unspecified atom stereocenters. The van der Waals surface area contributed by atoms with Crippen molar-refractivity contribution < 1.29 is 19.1 Å². The zero-order valence-electron chi connectivity index (χ0n) is 11.5. The molecule has 1 aliphatic rings. The van der Waals surface area contributed by atoms with Crippen LogP contribution in [0.15, 0.2) is 21.5 Å². The highest BCUT2D eigenvalue weighted by Gasteiger charge is 2.31. The van der Waals surface area contributed by atoms with Crippen LogP contribution in [0.3, 0.4) is 0 Å². The van der Waals surface area contributed by atoms with Crippen LogP contribution in [-0.4, -0.2) is 32.7 Å². The number of carboxylic acids is 1. The first-order chi connectivity index (χ1) is 9.97. The topological polar surface area (TPSA) is 70.8 Å². The molecule has 0 aliphatic carbocycles. The highest BCUT2D eigenvalue weighted by atomic mass is 32.2. The van der Waals surface area contributed by atoms with Gasteiger partial charge in [-0.2, -0.15) is 0 Å². The van der Waals surface area contributed by atoms with E-state index in [1.54, 1.807) is 12.1 Å². The number of aryl methyl sites for hydroxylation is 1. The highest BCUT2D eigenvalue weighted by molar-refractivity contribution is 8.26. The van der Waals surface area contributed by atoms with Crippen LogP contribution in [0.5, 0.6) is 0 Å². The Labute approximate surface area is 132 Å². The van der Waals surface area contributed by atoms with E-state index in [0.717, 1.165) is 5.76 Å². The molecule has 112 valence electrons. The normalized spacial score (nSPS) is 17.0. The summed E-state index contributed by atoms with van der Waals surface area (Å²) in [5, 5.41) is 8.59. The first-order valence-electron chi connectivity index (χ1n) is 6.51. The van der Waals surface area contributed by atoms with Crippen LogP contribution in [0.4, 0.5) is 0 Å². The van der Waals surface area contributed by atoms with Crippen molar-refractivity contribution >= 4 is 46.3 Å². The summed E-state index contributed by atoms with van der Waals surface area (Å²) in [7, 11) is 0. The summed E-state index contributed by atoms with van der Waals surface area (Å²) in [4.78, 5) is 24.7. The largest absolute Gasteiger partial charge is 0.481 e.